The van der Waals surface area contributed by atoms with Crippen LogP contribution in [0.25, 0.3) is 5.76 Å². The minimum absolute atomic E-state index is 0.0241. The molecule has 0 saturated carbocycles. The van der Waals surface area contributed by atoms with E-state index in [1.54, 1.807) is 0 Å². The number of benzene rings is 2. The zero-order chi connectivity index (χ0) is 16.3. The van der Waals surface area contributed by atoms with Crippen LogP contribution in [-0.2, 0) is 0 Å². The zero-order valence-electron chi connectivity index (χ0n) is 11.6. The minimum atomic E-state index is -0.383. The second-order valence-corrected chi connectivity index (χ2v) is 4.53. The van der Waals surface area contributed by atoms with Gasteiger partial charge in [-0.2, -0.15) is 0 Å². The van der Waals surface area contributed by atoms with Crippen LogP contribution in [0, 0.1) is 0 Å². The van der Waals surface area contributed by atoms with Gasteiger partial charge in [-0.25, -0.2) is 0 Å². The molecule has 0 aliphatic rings. The van der Waals surface area contributed by atoms with Crippen molar-refractivity contribution in [3.8, 4) is 23.0 Å². The first-order valence-electron chi connectivity index (χ1n) is 6.31. The van der Waals surface area contributed by atoms with Crippen LogP contribution in [-0.4, -0.2) is 26.7 Å². The molecule has 0 heterocycles. The van der Waals surface area contributed by atoms with Gasteiger partial charge in [0.05, 0.1) is 5.56 Å². The van der Waals surface area contributed by atoms with Crippen LogP contribution in [0.15, 0.2) is 42.2 Å². The van der Waals surface area contributed by atoms with Crippen molar-refractivity contribution in [1.29, 1.82) is 0 Å². The van der Waals surface area contributed by atoms with E-state index in [0.29, 0.717) is 6.29 Å². The number of aromatic hydroxyl groups is 3. The third-order valence-electron chi connectivity index (χ3n) is 2.94. The summed E-state index contributed by atoms with van der Waals surface area (Å²) < 4.78 is 5.51. The molecule has 0 spiro atoms. The molecule has 0 saturated heterocycles. The lowest BCUT2D eigenvalue weighted by atomic mass is 10.1. The number of aliphatic hydroxyl groups is 1. The van der Waals surface area contributed by atoms with Crippen molar-refractivity contribution in [2.24, 2.45) is 0 Å². The molecule has 6 heteroatoms. The highest BCUT2D eigenvalue weighted by Gasteiger charge is 2.15. The summed E-state index contributed by atoms with van der Waals surface area (Å²) in [7, 11) is 0. The molecule has 0 aliphatic carbocycles. The van der Waals surface area contributed by atoms with Gasteiger partial charge in [0, 0.05) is 5.56 Å². The Kier molecular flexibility index (Phi) is 4.22. The van der Waals surface area contributed by atoms with Crippen LogP contribution in [0.1, 0.15) is 22.8 Å². The van der Waals surface area contributed by atoms with Gasteiger partial charge in [0.25, 0.3) is 0 Å². The van der Waals surface area contributed by atoms with Crippen LogP contribution in [0.3, 0.4) is 0 Å². The second-order valence-electron chi connectivity index (χ2n) is 4.53. The SMILES string of the molecule is C/C(O)=C(\Oc1cccc(O)c1C=O)c1ccc(O)c(O)c1. The fraction of sp³-hybridized carbons (Fsp3) is 0.0625. The van der Waals surface area contributed by atoms with Crippen LogP contribution in [0.2, 0.25) is 0 Å². The maximum atomic E-state index is 11.0. The average Bonchev–Trinajstić information content (AvgIpc) is 2.47. The fourth-order valence-electron chi connectivity index (χ4n) is 1.86. The van der Waals surface area contributed by atoms with Gasteiger partial charge in [-0.15, -0.1) is 0 Å². The Balaban J connectivity index is 2.48. The standard InChI is InChI=1S/C16H14O6/c1-9(18)16(10-5-6-13(20)14(21)7-10)22-15-4-2-3-12(19)11(15)8-17/h2-8,18-21H,1H3/b16-9+. The van der Waals surface area contributed by atoms with E-state index < -0.39 is 0 Å². The molecule has 0 atom stereocenters. The van der Waals surface area contributed by atoms with Gasteiger partial charge in [-0.3, -0.25) is 4.79 Å². The molecule has 0 aliphatic heterocycles. The Morgan fingerprint density at radius 2 is 1.77 bits per heavy atom. The Morgan fingerprint density at radius 1 is 1.05 bits per heavy atom. The van der Waals surface area contributed by atoms with E-state index in [-0.39, 0.29) is 45.6 Å². The number of carbonyl (C=O) groups excluding carboxylic acids is 1. The fourth-order valence-corrected chi connectivity index (χ4v) is 1.86. The average molecular weight is 302 g/mol. The molecule has 2 rings (SSSR count). The van der Waals surface area contributed by atoms with E-state index in [0.717, 1.165) is 0 Å². The number of hydrogen-bond acceptors (Lipinski definition) is 6. The zero-order valence-corrected chi connectivity index (χ0v) is 11.6. The van der Waals surface area contributed by atoms with Crippen LogP contribution < -0.4 is 4.74 Å². The number of ether oxygens (including phenoxy) is 1. The molecular formula is C16H14O6. The van der Waals surface area contributed by atoms with Gasteiger partial charge < -0.3 is 25.2 Å². The van der Waals surface area contributed by atoms with Crippen molar-refractivity contribution in [3.05, 3.63) is 53.3 Å². The summed E-state index contributed by atoms with van der Waals surface area (Å²) in [5.41, 5.74) is 0.222. The molecule has 2 aromatic carbocycles. The highest BCUT2D eigenvalue weighted by molar-refractivity contribution is 5.84. The number of hydrogen-bond donors (Lipinski definition) is 4. The Labute approximate surface area is 126 Å². The number of phenolic OH excluding ortho intramolecular Hbond substituents is 3. The number of rotatable bonds is 4. The van der Waals surface area contributed by atoms with Gasteiger partial charge in [0.2, 0.25) is 0 Å². The van der Waals surface area contributed by atoms with Crippen molar-refractivity contribution in [3.63, 3.8) is 0 Å². The first kappa shape index (κ1) is 15.2. The summed E-state index contributed by atoms with van der Waals surface area (Å²) in [6, 6.07) is 8.13. The van der Waals surface area contributed by atoms with Crippen molar-refractivity contribution < 1.29 is 30.0 Å². The molecule has 0 radical (unpaired) electrons. The van der Waals surface area contributed by atoms with Gasteiger partial charge in [-0.1, -0.05) is 6.07 Å². The maximum absolute atomic E-state index is 11.0. The molecule has 6 nitrogen and oxygen atoms in total. The van der Waals surface area contributed by atoms with Crippen LogP contribution in [0.5, 0.6) is 23.0 Å². The molecule has 22 heavy (non-hydrogen) atoms. The largest absolute Gasteiger partial charge is 0.509 e. The topological polar surface area (TPSA) is 107 Å². The summed E-state index contributed by atoms with van der Waals surface area (Å²) in [6.07, 6.45) is 0.434. The number of aldehydes is 1. The smallest absolute Gasteiger partial charge is 0.171 e. The summed E-state index contributed by atoms with van der Waals surface area (Å²) in [6.45, 7) is 1.36. The van der Waals surface area contributed by atoms with E-state index in [2.05, 4.69) is 0 Å². The Bertz CT molecular complexity index is 744. The summed E-state index contributed by atoms with van der Waals surface area (Å²) in [4.78, 5) is 11.0. The highest BCUT2D eigenvalue weighted by atomic mass is 16.5. The van der Waals surface area contributed by atoms with Gasteiger partial charge in [0.15, 0.2) is 23.5 Å². The van der Waals surface area contributed by atoms with E-state index in [4.69, 9.17) is 4.74 Å². The molecule has 0 fully saturated rings. The lowest BCUT2D eigenvalue weighted by Crippen LogP contribution is -2.01. The second kappa shape index (κ2) is 6.09. The monoisotopic (exact) mass is 302 g/mol. The Hall–Kier alpha value is -3.15. The molecule has 4 N–H and O–H groups in total. The number of allylic oxidation sites excluding steroid dienone is 1. The van der Waals surface area contributed by atoms with Crippen LogP contribution >= 0.6 is 0 Å². The summed E-state index contributed by atoms with van der Waals surface area (Å²) in [5, 5.41) is 38.3. The van der Waals surface area contributed by atoms with Crippen molar-refractivity contribution in [2.45, 2.75) is 6.92 Å². The van der Waals surface area contributed by atoms with E-state index >= 15 is 0 Å². The minimum Gasteiger partial charge on any atom is -0.509 e. The lowest BCUT2D eigenvalue weighted by Gasteiger charge is -2.14. The number of carbonyl (C=O) groups is 1. The molecule has 2 aromatic rings. The first-order valence-corrected chi connectivity index (χ1v) is 6.31. The molecule has 0 unspecified atom stereocenters. The third-order valence-corrected chi connectivity index (χ3v) is 2.94. The molecule has 0 bridgehead atoms. The quantitative estimate of drug-likeness (QED) is 0.393. The van der Waals surface area contributed by atoms with Crippen LogP contribution in [0.4, 0.5) is 0 Å². The molecule has 114 valence electrons. The predicted molar refractivity (Wildman–Crippen MR) is 79.1 cm³/mol. The predicted octanol–water partition coefficient (Wildman–Crippen LogP) is 2.94. The molecule has 0 aromatic heterocycles. The van der Waals surface area contributed by atoms with Gasteiger partial charge in [0.1, 0.15) is 17.3 Å². The van der Waals surface area contributed by atoms with Crippen molar-refractivity contribution in [1.82, 2.24) is 0 Å². The van der Waals surface area contributed by atoms with Crippen molar-refractivity contribution in [2.75, 3.05) is 0 Å². The normalized spacial score (nSPS) is 11.7. The van der Waals surface area contributed by atoms with Crippen molar-refractivity contribution >= 4 is 12.0 Å². The highest BCUT2D eigenvalue weighted by Crippen LogP contribution is 2.33. The van der Waals surface area contributed by atoms with Gasteiger partial charge in [-0.05, 0) is 37.3 Å². The summed E-state index contributed by atoms with van der Waals surface area (Å²) >= 11 is 0. The lowest BCUT2D eigenvalue weighted by molar-refractivity contribution is 0.111. The first-order chi connectivity index (χ1) is 10.4. The maximum Gasteiger partial charge on any atom is 0.171 e. The number of aliphatic hydroxyl groups excluding tert-OH is 1. The van der Waals surface area contributed by atoms with E-state index in [1.165, 1.54) is 43.3 Å². The molecular weight excluding hydrogens is 288 g/mol. The third kappa shape index (κ3) is 2.95. The summed E-state index contributed by atoms with van der Waals surface area (Å²) in [5.74, 6) is -1.13. The Morgan fingerprint density at radius 3 is 2.36 bits per heavy atom. The molecule has 0 amide bonds. The van der Waals surface area contributed by atoms with E-state index in [1.807, 2.05) is 0 Å². The van der Waals surface area contributed by atoms with E-state index in [9.17, 15) is 25.2 Å². The van der Waals surface area contributed by atoms with Gasteiger partial charge >= 0.3 is 0 Å². The number of phenols is 3.